The molecule has 1 atom stereocenters. The third kappa shape index (κ3) is 5.78. The first kappa shape index (κ1) is 22.4. The maximum Gasteiger partial charge on any atom is 0.0346 e. The van der Waals surface area contributed by atoms with Gasteiger partial charge in [-0.25, -0.2) is 0 Å². The molecule has 0 saturated carbocycles. The van der Waals surface area contributed by atoms with Crippen LogP contribution in [0.2, 0.25) is 0 Å². The number of anilines is 1. The molecule has 0 saturated heterocycles. The molecule has 0 aromatic heterocycles. The number of aryl methyl sites for hydroxylation is 3. The first-order valence-corrected chi connectivity index (χ1v) is 11.3. The Bertz CT molecular complexity index is 863. The van der Waals surface area contributed by atoms with Gasteiger partial charge >= 0.3 is 0 Å². The van der Waals surface area contributed by atoms with Crippen molar-refractivity contribution in [2.75, 3.05) is 12.0 Å². The predicted molar refractivity (Wildman–Crippen MR) is 129 cm³/mol. The normalized spacial score (nSPS) is 15.2. The molecule has 0 radical (unpaired) electrons. The SMILES string of the molecule is C=C(C)Cc1cc(C)c(N)cc1C.C=C(SC)c1ccc2c(c1)CCCC2C. The molecule has 2 aromatic carbocycles. The maximum atomic E-state index is 5.80. The van der Waals surface area contributed by atoms with Gasteiger partial charge in [-0.15, -0.1) is 11.8 Å². The van der Waals surface area contributed by atoms with E-state index in [0.717, 1.165) is 23.6 Å². The summed E-state index contributed by atoms with van der Waals surface area (Å²) in [6.45, 7) is 16.5. The number of nitrogens with two attached hydrogens (primary N) is 1. The highest BCUT2D eigenvalue weighted by atomic mass is 32.2. The lowest BCUT2D eigenvalue weighted by Gasteiger charge is -2.23. The van der Waals surface area contributed by atoms with Gasteiger partial charge in [-0.1, -0.05) is 49.9 Å². The van der Waals surface area contributed by atoms with Crippen LogP contribution < -0.4 is 5.73 Å². The Kier molecular flexibility index (Phi) is 8.00. The first-order valence-electron chi connectivity index (χ1n) is 10.1. The van der Waals surface area contributed by atoms with Crippen molar-refractivity contribution in [1.29, 1.82) is 0 Å². The zero-order chi connectivity index (χ0) is 20.8. The molecule has 0 amide bonds. The molecule has 0 aliphatic heterocycles. The van der Waals surface area contributed by atoms with Gasteiger partial charge in [0.05, 0.1) is 0 Å². The smallest absolute Gasteiger partial charge is 0.0346 e. The fraction of sp³-hybridized carbons (Fsp3) is 0.385. The molecule has 0 heterocycles. The van der Waals surface area contributed by atoms with E-state index in [4.69, 9.17) is 5.73 Å². The fourth-order valence-corrected chi connectivity index (χ4v) is 4.13. The van der Waals surface area contributed by atoms with Crippen LogP contribution in [0.4, 0.5) is 5.69 Å². The van der Waals surface area contributed by atoms with E-state index in [9.17, 15) is 0 Å². The minimum absolute atomic E-state index is 0.741. The third-order valence-corrected chi connectivity index (χ3v) is 6.27. The van der Waals surface area contributed by atoms with E-state index in [2.05, 4.69) is 57.5 Å². The van der Waals surface area contributed by atoms with E-state index in [1.54, 1.807) is 22.9 Å². The molecule has 0 bridgehead atoms. The number of hydrogen-bond acceptors (Lipinski definition) is 2. The van der Waals surface area contributed by atoms with Crippen molar-refractivity contribution in [3.05, 3.63) is 82.4 Å². The zero-order valence-corrected chi connectivity index (χ0v) is 19.0. The van der Waals surface area contributed by atoms with E-state index in [1.165, 1.54) is 46.4 Å². The summed E-state index contributed by atoms with van der Waals surface area (Å²) >= 11 is 1.73. The Morgan fingerprint density at radius 1 is 1.14 bits per heavy atom. The van der Waals surface area contributed by atoms with Crippen molar-refractivity contribution in [2.45, 2.75) is 59.3 Å². The summed E-state index contributed by atoms with van der Waals surface area (Å²) in [7, 11) is 0. The van der Waals surface area contributed by atoms with Gasteiger partial charge in [0, 0.05) is 10.6 Å². The predicted octanol–water partition coefficient (Wildman–Crippen LogP) is 7.46. The van der Waals surface area contributed by atoms with Gasteiger partial charge in [-0.05, 0) is 98.1 Å². The second-order valence-electron chi connectivity index (χ2n) is 8.10. The van der Waals surface area contributed by atoms with E-state index >= 15 is 0 Å². The lowest BCUT2D eigenvalue weighted by molar-refractivity contribution is 0.590. The number of rotatable bonds is 4. The number of thioether (sulfide) groups is 1. The fourth-order valence-electron chi connectivity index (χ4n) is 3.76. The molecule has 0 fully saturated rings. The molecule has 0 spiro atoms. The quantitative estimate of drug-likeness (QED) is 0.431. The molecule has 1 aliphatic rings. The van der Waals surface area contributed by atoms with Crippen molar-refractivity contribution < 1.29 is 0 Å². The molecule has 150 valence electrons. The van der Waals surface area contributed by atoms with Crippen LogP contribution in [-0.4, -0.2) is 6.26 Å². The first-order chi connectivity index (χ1) is 13.2. The minimum atomic E-state index is 0.741. The second kappa shape index (κ2) is 10.0. The average Bonchev–Trinajstić information content (AvgIpc) is 2.65. The minimum Gasteiger partial charge on any atom is -0.399 e. The van der Waals surface area contributed by atoms with Crippen LogP contribution in [0.15, 0.2) is 49.1 Å². The number of allylic oxidation sites excluding steroid dienone is 1. The molecule has 1 aliphatic carbocycles. The molecular formula is C26H35NS. The van der Waals surface area contributed by atoms with Crippen molar-refractivity contribution in [3.63, 3.8) is 0 Å². The largest absolute Gasteiger partial charge is 0.399 e. The summed E-state index contributed by atoms with van der Waals surface area (Å²) < 4.78 is 0. The number of benzene rings is 2. The molecule has 1 unspecified atom stereocenters. The molecule has 2 heteroatoms. The van der Waals surface area contributed by atoms with E-state index in [1.807, 2.05) is 19.9 Å². The monoisotopic (exact) mass is 393 g/mol. The lowest BCUT2D eigenvalue weighted by atomic mass is 9.83. The average molecular weight is 394 g/mol. The van der Waals surface area contributed by atoms with Crippen LogP contribution >= 0.6 is 11.8 Å². The van der Waals surface area contributed by atoms with Crippen molar-refractivity contribution >= 4 is 22.4 Å². The van der Waals surface area contributed by atoms with Gasteiger partial charge in [0.2, 0.25) is 0 Å². The van der Waals surface area contributed by atoms with Crippen molar-refractivity contribution in [2.24, 2.45) is 0 Å². The molecular weight excluding hydrogens is 358 g/mol. The number of hydrogen-bond donors (Lipinski definition) is 1. The molecule has 3 rings (SSSR count). The lowest BCUT2D eigenvalue weighted by Crippen LogP contribution is -2.07. The van der Waals surface area contributed by atoms with Crippen molar-refractivity contribution in [1.82, 2.24) is 0 Å². The zero-order valence-electron chi connectivity index (χ0n) is 18.2. The second-order valence-corrected chi connectivity index (χ2v) is 9.00. The highest BCUT2D eigenvalue weighted by Gasteiger charge is 2.16. The molecule has 2 aromatic rings. The van der Waals surface area contributed by atoms with Crippen LogP contribution in [-0.2, 0) is 12.8 Å². The van der Waals surface area contributed by atoms with Crippen LogP contribution in [0.1, 0.15) is 66.0 Å². The van der Waals surface area contributed by atoms with E-state index < -0.39 is 0 Å². The van der Waals surface area contributed by atoms with E-state index in [-0.39, 0.29) is 0 Å². The summed E-state index contributed by atoms with van der Waals surface area (Å²) in [5.41, 5.74) is 16.0. The third-order valence-electron chi connectivity index (χ3n) is 5.54. The Hall–Kier alpha value is -1.93. The van der Waals surface area contributed by atoms with Crippen LogP contribution in [0.25, 0.3) is 4.91 Å². The summed E-state index contributed by atoms with van der Waals surface area (Å²) in [6.07, 6.45) is 6.96. The van der Waals surface area contributed by atoms with Crippen LogP contribution in [0.5, 0.6) is 0 Å². The Labute approximate surface area is 176 Å². The van der Waals surface area contributed by atoms with Gasteiger partial charge in [0.15, 0.2) is 0 Å². The van der Waals surface area contributed by atoms with Gasteiger partial charge in [0.1, 0.15) is 0 Å². The highest BCUT2D eigenvalue weighted by molar-refractivity contribution is 8.07. The van der Waals surface area contributed by atoms with E-state index in [0.29, 0.717) is 0 Å². The van der Waals surface area contributed by atoms with Gasteiger partial charge < -0.3 is 5.73 Å². The summed E-state index contributed by atoms with van der Waals surface area (Å²) in [5, 5.41) is 0. The summed E-state index contributed by atoms with van der Waals surface area (Å²) in [6, 6.07) is 11.0. The number of fused-ring (bicyclic) bond motifs is 1. The Balaban J connectivity index is 0.000000203. The molecule has 28 heavy (non-hydrogen) atoms. The maximum absolute atomic E-state index is 5.80. The highest BCUT2D eigenvalue weighted by Crippen LogP contribution is 2.34. The standard InChI is InChI=1S/C14H18S.C12H17N/c1-10-5-4-6-13-9-12(11(2)15-3)7-8-14(10)13;1-8(2)5-11-6-10(4)12(13)7-9(11)3/h7-10H,2,4-6H2,1,3H3;6-7H,1,5,13H2,2-4H3. The molecule has 2 N–H and O–H groups in total. The Morgan fingerprint density at radius 3 is 2.50 bits per heavy atom. The summed E-state index contributed by atoms with van der Waals surface area (Å²) in [5.74, 6) is 0.741. The van der Waals surface area contributed by atoms with Gasteiger partial charge in [0.25, 0.3) is 0 Å². The Morgan fingerprint density at radius 2 is 1.86 bits per heavy atom. The number of nitrogen functional groups attached to an aromatic ring is 1. The van der Waals surface area contributed by atoms with Gasteiger partial charge in [-0.3, -0.25) is 0 Å². The topological polar surface area (TPSA) is 26.0 Å². The van der Waals surface area contributed by atoms with Crippen LogP contribution in [0.3, 0.4) is 0 Å². The van der Waals surface area contributed by atoms with Gasteiger partial charge in [-0.2, -0.15) is 0 Å². The summed E-state index contributed by atoms with van der Waals surface area (Å²) in [4.78, 5) is 1.18. The van der Waals surface area contributed by atoms with Crippen LogP contribution in [0, 0.1) is 13.8 Å². The molecule has 1 nitrogen and oxygen atoms in total. The van der Waals surface area contributed by atoms with Crippen molar-refractivity contribution in [3.8, 4) is 0 Å².